The van der Waals surface area contributed by atoms with E-state index in [-0.39, 0.29) is 45.7 Å². The molecule has 1 rings (SSSR count). The Morgan fingerprint density at radius 3 is 1.21 bits per heavy atom. The van der Waals surface area contributed by atoms with E-state index in [1.807, 2.05) is 27.7 Å². The van der Waals surface area contributed by atoms with Crippen molar-refractivity contribution in [2.75, 3.05) is 68.1 Å². The summed E-state index contributed by atoms with van der Waals surface area (Å²) >= 11 is 0. The molecule has 0 N–H and O–H groups in total. The summed E-state index contributed by atoms with van der Waals surface area (Å²) in [5.74, 6) is 0.970. The van der Waals surface area contributed by atoms with Gasteiger partial charge in [0.2, 0.25) is 17.8 Å². The van der Waals surface area contributed by atoms with E-state index >= 15 is 0 Å². The highest BCUT2D eigenvalue weighted by atomic mass is 16.5. The first kappa shape index (κ1) is 34.1. The van der Waals surface area contributed by atoms with Crippen LogP contribution in [0.15, 0.2) is 24.6 Å². The Morgan fingerprint density at radius 1 is 0.564 bits per heavy atom. The standard InChI is InChI=1S/C27H46N6O6/c1-5-17-36-21-32(22-37-18-6-2)26-28-25(31(13-9-11-15-34)14-10-12-16-35)29-27(30-26)33(23-38-19-7-3)24-39-20-8-4/h9-10,13-16H,5-8,11-12,17-24H2,1-4H3. The predicted octanol–water partition coefficient (Wildman–Crippen LogP) is 4.03. The summed E-state index contributed by atoms with van der Waals surface area (Å²) in [5, 5.41) is 0. The zero-order valence-electron chi connectivity index (χ0n) is 24.0. The van der Waals surface area contributed by atoms with Gasteiger partial charge in [-0.1, -0.05) is 39.8 Å². The number of rotatable bonds is 25. The highest BCUT2D eigenvalue weighted by Crippen LogP contribution is 2.21. The molecule has 0 bridgehead atoms. The summed E-state index contributed by atoms with van der Waals surface area (Å²) in [5.41, 5.74) is 0. The SMILES string of the molecule is CCCOCN(COCCC)c1nc(N(C=CCC=O)C=CCC=O)nc(N(COCCC)COCCC)n1. The lowest BCUT2D eigenvalue weighted by Gasteiger charge is -2.27. The van der Waals surface area contributed by atoms with E-state index in [1.54, 1.807) is 39.3 Å². The molecule has 1 aromatic heterocycles. The second-order valence-electron chi connectivity index (χ2n) is 8.45. The van der Waals surface area contributed by atoms with Gasteiger partial charge in [0.15, 0.2) is 0 Å². The minimum atomic E-state index is 0.215. The van der Waals surface area contributed by atoms with Crippen molar-refractivity contribution in [1.29, 1.82) is 0 Å². The summed E-state index contributed by atoms with van der Waals surface area (Å²) in [4.78, 5) is 41.2. The van der Waals surface area contributed by atoms with Gasteiger partial charge in [0.05, 0.1) is 0 Å². The van der Waals surface area contributed by atoms with Crippen molar-refractivity contribution in [2.45, 2.75) is 66.2 Å². The highest BCUT2D eigenvalue weighted by Gasteiger charge is 2.20. The molecule has 0 unspecified atom stereocenters. The summed E-state index contributed by atoms with van der Waals surface area (Å²) < 4.78 is 23.2. The fourth-order valence-electron chi connectivity index (χ4n) is 2.97. The number of ether oxygens (including phenoxy) is 4. The fraction of sp³-hybridized carbons (Fsp3) is 0.667. The molecule has 0 aliphatic carbocycles. The van der Waals surface area contributed by atoms with E-state index in [9.17, 15) is 9.59 Å². The lowest BCUT2D eigenvalue weighted by molar-refractivity contribution is -0.107. The Labute approximate surface area is 233 Å². The van der Waals surface area contributed by atoms with Crippen LogP contribution in [0.2, 0.25) is 0 Å². The first-order valence-corrected chi connectivity index (χ1v) is 13.7. The highest BCUT2D eigenvalue weighted by molar-refractivity contribution is 5.55. The van der Waals surface area contributed by atoms with Gasteiger partial charge in [-0.05, 0) is 25.7 Å². The molecule has 12 heteroatoms. The van der Waals surface area contributed by atoms with Crippen LogP contribution in [0.3, 0.4) is 0 Å². The number of aldehydes is 2. The first-order valence-electron chi connectivity index (χ1n) is 13.7. The lowest BCUT2D eigenvalue weighted by Crippen LogP contribution is -2.35. The van der Waals surface area contributed by atoms with Gasteiger partial charge in [-0.25, -0.2) is 0 Å². The summed E-state index contributed by atoms with van der Waals surface area (Å²) in [6.45, 7) is 11.3. The number of anilines is 3. The summed E-state index contributed by atoms with van der Waals surface area (Å²) in [6.07, 6.45) is 12.2. The molecule has 1 aromatic rings. The second-order valence-corrected chi connectivity index (χ2v) is 8.45. The van der Waals surface area contributed by atoms with Crippen molar-refractivity contribution >= 4 is 30.4 Å². The van der Waals surface area contributed by atoms with E-state index in [0.29, 0.717) is 38.3 Å². The fourth-order valence-corrected chi connectivity index (χ4v) is 2.97. The molecule has 1 heterocycles. The molecule has 0 spiro atoms. The van der Waals surface area contributed by atoms with Crippen LogP contribution in [-0.4, -0.2) is 80.9 Å². The number of hydrogen-bond acceptors (Lipinski definition) is 12. The molecule has 0 fully saturated rings. The molecular weight excluding hydrogens is 504 g/mol. The van der Waals surface area contributed by atoms with E-state index < -0.39 is 0 Å². The van der Waals surface area contributed by atoms with Crippen LogP contribution < -0.4 is 14.7 Å². The minimum absolute atomic E-state index is 0.215. The Balaban J connectivity index is 3.59. The normalized spacial score (nSPS) is 11.4. The predicted molar refractivity (Wildman–Crippen MR) is 151 cm³/mol. The molecule has 0 saturated carbocycles. The molecule has 0 aliphatic rings. The quantitative estimate of drug-likeness (QED) is 0.0993. The van der Waals surface area contributed by atoms with Gasteiger partial charge in [-0.2, -0.15) is 15.0 Å². The number of aromatic nitrogens is 3. The zero-order chi connectivity index (χ0) is 28.6. The van der Waals surface area contributed by atoms with Crippen LogP contribution in [0.25, 0.3) is 0 Å². The molecule has 220 valence electrons. The Kier molecular flexibility index (Phi) is 20.1. The Bertz CT molecular complexity index is 759. The molecule has 0 atom stereocenters. The average molecular weight is 551 g/mol. The maximum atomic E-state index is 10.9. The number of nitrogens with zero attached hydrogens (tertiary/aromatic N) is 6. The topological polar surface area (TPSA) is 119 Å². The summed E-state index contributed by atoms with van der Waals surface area (Å²) in [7, 11) is 0. The average Bonchev–Trinajstić information content (AvgIpc) is 2.95. The van der Waals surface area contributed by atoms with Gasteiger partial charge in [0.1, 0.15) is 39.5 Å². The third kappa shape index (κ3) is 14.7. The van der Waals surface area contributed by atoms with Gasteiger partial charge in [0.25, 0.3) is 0 Å². The maximum Gasteiger partial charge on any atom is 0.240 e. The van der Waals surface area contributed by atoms with Crippen LogP contribution in [0.5, 0.6) is 0 Å². The van der Waals surface area contributed by atoms with Crippen LogP contribution in [-0.2, 0) is 28.5 Å². The molecule has 0 radical (unpaired) electrons. The summed E-state index contributed by atoms with van der Waals surface area (Å²) in [6, 6.07) is 0. The number of carbonyl (C=O) groups excluding carboxylic acids is 2. The first-order chi connectivity index (χ1) is 19.1. The third-order valence-corrected chi connectivity index (χ3v) is 4.78. The Morgan fingerprint density at radius 2 is 0.897 bits per heavy atom. The van der Waals surface area contributed by atoms with Crippen LogP contribution in [0, 0.1) is 0 Å². The van der Waals surface area contributed by atoms with E-state index in [4.69, 9.17) is 33.9 Å². The second kappa shape index (κ2) is 23.0. The smallest absolute Gasteiger partial charge is 0.240 e. The van der Waals surface area contributed by atoms with Gasteiger partial charge in [-0.3, -0.25) is 14.7 Å². The molecule has 0 saturated heterocycles. The molecule has 12 nitrogen and oxygen atoms in total. The van der Waals surface area contributed by atoms with E-state index in [2.05, 4.69) is 0 Å². The van der Waals surface area contributed by atoms with E-state index in [0.717, 1.165) is 38.3 Å². The molecular formula is C27H46N6O6. The van der Waals surface area contributed by atoms with Crippen LogP contribution >= 0.6 is 0 Å². The number of hydrogen-bond donors (Lipinski definition) is 0. The maximum absolute atomic E-state index is 10.9. The monoisotopic (exact) mass is 550 g/mol. The van der Waals surface area contributed by atoms with Crippen molar-refractivity contribution in [3.63, 3.8) is 0 Å². The minimum Gasteiger partial charge on any atom is -0.361 e. The van der Waals surface area contributed by atoms with Gasteiger partial charge in [0, 0.05) is 51.7 Å². The van der Waals surface area contributed by atoms with Gasteiger partial charge < -0.3 is 28.5 Å². The van der Waals surface area contributed by atoms with Gasteiger partial charge in [-0.15, -0.1) is 0 Å². The van der Waals surface area contributed by atoms with Crippen molar-refractivity contribution in [1.82, 2.24) is 15.0 Å². The number of allylic oxidation sites excluding steroid dienone is 2. The van der Waals surface area contributed by atoms with E-state index in [1.165, 1.54) is 0 Å². The van der Waals surface area contributed by atoms with Crippen LogP contribution in [0.1, 0.15) is 66.2 Å². The molecule has 0 aromatic carbocycles. The van der Waals surface area contributed by atoms with Crippen molar-refractivity contribution in [2.24, 2.45) is 0 Å². The molecule has 39 heavy (non-hydrogen) atoms. The van der Waals surface area contributed by atoms with Crippen molar-refractivity contribution in [3.8, 4) is 0 Å². The van der Waals surface area contributed by atoms with Crippen molar-refractivity contribution < 1.29 is 28.5 Å². The largest absolute Gasteiger partial charge is 0.361 e. The lowest BCUT2D eigenvalue weighted by atomic mass is 10.4. The molecule has 0 amide bonds. The molecule has 0 aliphatic heterocycles. The van der Waals surface area contributed by atoms with Gasteiger partial charge >= 0.3 is 0 Å². The third-order valence-electron chi connectivity index (χ3n) is 4.78. The zero-order valence-corrected chi connectivity index (χ0v) is 24.0. The number of carbonyl (C=O) groups is 2. The van der Waals surface area contributed by atoms with Crippen molar-refractivity contribution in [3.05, 3.63) is 24.6 Å². The van der Waals surface area contributed by atoms with Crippen LogP contribution in [0.4, 0.5) is 17.8 Å². The Hall–Kier alpha value is -2.93.